The van der Waals surface area contributed by atoms with E-state index in [1.165, 1.54) is 6.07 Å². The average Bonchev–Trinajstić information content (AvgIpc) is 3.47. The summed E-state index contributed by atoms with van der Waals surface area (Å²) in [4.78, 5) is 7.56. The largest absolute Gasteiger partial charge is 0.417 e. The van der Waals surface area contributed by atoms with Gasteiger partial charge in [0.25, 0.3) is 0 Å². The van der Waals surface area contributed by atoms with Crippen LogP contribution in [0.25, 0.3) is 22.4 Å². The first kappa shape index (κ1) is 24.5. The summed E-state index contributed by atoms with van der Waals surface area (Å²) in [7, 11) is -4.56. The molecule has 190 valence electrons. The van der Waals surface area contributed by atoms with Gasteiger partial charge in [0.2, 0.25) is 10.0 Å². The smallest absolute Gasteiger partial charge is 0.320 e. The van der Waals surface area contributed by atoms with E-state index in [1.54, 1.807) is 9.29 Å². The Bertz CT molecular complexity index is 1500. The highest BCUT2D eigenvalue weighted by molar-refractivity contribution is 7.89. The van der Waals surface area contributed by atoms with E-state index < -0.39 is 38.4 Å². The van der Waals surface area contributed by atoms with Crippen LogP contribution in [0.4, 0.5) is 26.3 Å². The molecule has 0 saturated heterocycles. The van der Waals surface area contributed by atoms with Gasteiger partial charge in [-0.15, -0.1) is 0 Å². The molecular weight excluding hydrogens is 512 g/mol. The van der Waals surface area contributed by atoms with E-state index in [2.05, 4.69) is 9.97 Å². The van der Waals surface area contributed by atoms with Crippen LogP contribution >= 0.6 is 0 Å². The van der Waals surface area contributed by atoms with E-state index in [4.69, 9.17) is 0 Å². The molecule has 7 nitrogen and oxygen atoms in total. The molecule has 36 heavy (non-hydrogen) atoms. The van der Waals surface area contributed by atoms with Crippen molar-refractivity contribution in [2.24, 2.45) is 0 Å². The standard InChI is InChI=1S/C22H17F6N5O2S/c23-21(24,25)12-8-15-16(9-29)18(33(13-2-1-3-13)19(15)31-10-12)17-5-4-14(11-30-17)36(34,35)32-20(6-7-20)22(26,27)28/h4-5,8,10-11,13,32H,1-3,6-7H2. The molecule has 14 heteroatoms. The molecule has 3 aromatic heterocycles. The highest BCUT2D eigenvalue weighted by atomic mass is 32.2. The second kappa shape index (κ2) is 7.91. The number of nitriles is 1. The maximum atomic E-state index is 13.3. The van der Waals surface area contributed by atoms with Gasteiger partial charge in [-0.3, -0.25) is 4.98 Å². The maximum absolute atomic E-state index is 13.3. The van der Waals surface area contributed by atoms with Gasteiger partial charge in [-0.1, -0.05) is 0 Å². The lowest BCUT2D eigenvalue weighted by molar-refractivity contribution is -0.160. The van der Waals surface area contributed by atoms with Gasteiger partial charge >= 0.3 is 12.4 Å². The first-order valence-corrected chi connectivity index (χ1v) is 12.3. The Morgan fingerprint density at radius 2 is 1.78 bits per heavy atom. The molecule has 2 fully saturated rings. The van der Waals surface area contributed by atoms with Gasteiger partial charge in [-0.2, -0.15) is 36.3 Å². The van der Waals surface area contributed by atoms with E-state index in [9.17, 15) is 40.0 Å². The SMILES string of the molecule is N#Cc1c(-c2ccc(S(=O)(=O)NC3(C(F)(F)F)CC3)cn2)n(C2CCC2)c2ncc(C(F)(F)F)cc12. The van der Waals surface area contributed by atoms with Crippen molar-refractivity contribution in [3.63, 3.8) is 0 Å². The van der Waals surface area contributed by atoms with Gasteiger partial charge in [0.1, 0.15) is 22.2 Å². The second-order valence-electron chi connectivity index (χ2n) is 8.95. The lowest BCUT2D eigenvalue weighted by Gasteiger charge is -2.29. The van der Waals surface area contributed by atoms with Crippen molar-refractivity contribution in [3.8, 4) is 17.5 Å². The van der Waals surface area contributed by atoms with Crippen LogP contribution < -0.4 is 4.72 Å². The van der Waals surface area contributed by atoms with Crippen molar-refractivity contribution in [1.82, 2.24) is 19.3 Å². The van der Waals surface area contributed by atoms with Crippen molar-refractivity contribution in [1.29, 1.82) is 5.26 Å². The van der Waals surface area contributed by atoms with Crippen LogP contribution in [0.3, 0.4) is 0 Å². The van der Waals surface area contributed by atoms with Crippen LogP contribution in [-0.2, 0) is 16.2 Å². The molecule has 0 unspecified atom stereocenters. The molecule has 1 N–H and O–H groups in total. The molecule has 0 aliphatic heterocycles. The molecule has 2 saturated carbocycles. The summed E-state index contributed by atoms with van der Waals surface area (Å²) in [6.45, 7) is 0. The van der Waals surface area contributed by atoms with E-state index in [-0.39, 0.29) is 46.9 Å². The highest BCUT2D eigenvalue weighted by Crippen LogP contribution is 2.50. The lowest BCUT2D eigenvalue weighted by Crippen LogP contribution is -2.47. The third kappa shape index (κ3) is 3.90. The van der Waals surface area contributed by atoms with Crippen LogP contribution in [-0.4, -0.2) is 34.7 Å². The van der Waals surface area contributed by atoms with E-state index in [0.717, 1.165) is 24.8 Å². The molecule has 2 aliphatic carbocycles. The Balaban J connectivity index is 1.60. The number of hydrogen-bond acceptors (Lipinski definition) is 5. The molecule has 0 spiro atoms. The molecule has 0 atom stereocenters. The Morgan fingerprint density at radius 1 is 1.08 bits per heavy atom. The number of pyridine rings is 2. The van der Waals surface area contributed by atoms with Crippen molar-refractivity contribution < 1.29 is 34.8 Å². The monoisotopic (exact) mass is 529 g/mol. The van der Waals surface area contributed by atoms with Crippen LogP contribution in [0, 0.1) is 11.3 Å². The summed E-state index contributed by atoms with van der Waals surface area (Å²) in [5.74, 6) is 0. The maximum Gasteiger partial charge on any atom is 0.417 e. The Morgan fingerprint density at radius 3 is 2.25 bits per heavy atom. The third-order valence-electron chi connectivity index (χ3n) is 6.63. The van der Waals surface area contributed by atoms with Crippen molar-refractivity contribution >= 4 is 21.1 Å². The summed E-state index contributed by atoms with van der Waals surface area (Å²) in [5, 5.41) is 9.82. The van der Waals surface area contributed by atoms with Crippen molar-refractivity contribution in [3.05, 3.63) is 41.7 Å². The highest BCUT2D eigenvalue weighted by Gasteiger charge is 2.65. The lowest BCUT2D eigenvalue weighted by atomic mass is 9.92. The molecular formula is C22H17F6N5O2S. The Kier molecular flexibility index (Phi) is 5.38. The first-order chi connectivity index (χ1) is 16.8. The van der Waals surface area contributed by atoms with Gasteiger partial charge in [0.15, 0.2) is 0 Å². The molecule has 3 heterocycles. The number of fused-ring (bicyclic) bond motifs is 1. The van der Waals surface area contributed by atoms with Crippen molar-refractivity contribution in [2.45, 2.75) is 60.9 Å². The minimum absolute atomic E-state index is 0.0183. The second-order valence-corrected chi connectivity index (χ2v) is 10.6. The molecule has 0 aromatic carbocycles. The van der Waals surface area contributed by atoms with E-state index in [0.29, 0.717) is 19.0 Å². The molecule has 0 radical (unpaired) electrons. The molecule has 5 rings (SSSR count). The van der Waals surface area contributed by atoms with E-state index in [1.807, 2.05) is 6.07 Å². The Hall–Kier alpha value is -3.18. The third-order valence-corrected chi connectivity index (χ3v) is 8.15. The molecule has 0 amide bonds. The normalized spacial score (nSPS) is 18.1. The van der Waals surface area contributed by atoms with Crippen molar-refractivity contribution in [2.75, 3.05) is 0 Å². The van der Waals surface area contributed by atoms with Gasteiger partial charge < -0.3 is 4.57 Å². The number of aromatic nitrogens is 3. The number of nitrogens with one attached hydrogen (secondary N) is 1. The first-order valence-electron chi connectivity index (χ1n) is 10.9. The van der Waals surface area contributed by atoms with Crippen LogP contribution in [0.1, 0.15) is 49.3 Å². The number of hydrogen-bond donors (Lipinski definition) is 1. The summed E-state index contributed by atoms with van der Waals surface area (Å²) in [6, 6.07) is 4.88. The van der Waals surface area contributed by atoms with E-state index >= 15 is 0 Å². The van der Waals surface area contributed by atoms with Gasteiger partial charge in [-0.05, 0) is 50.3 Å². The zero-order valence-corrected chi connectivity index (χ0v) is 19.1. The predicted octanol–water partition coefficient (Wildman–Crippen LogP) is 5.09. The number of rotatable bonds is 5. The number of sulfonamides is 1. The summed E-state index contributed by atoms with van der Waals surface area (Å²) in [5.41, 5.74) is -3.21. The average molecular weight is 529 g/mol. The van der Waals surface area contributed by atoms with Crippen LogP contribution in [0.15, 0.2) is 35.5 Å². The fourth-order valence-corrected chi connectivity index (χ4v) is 5.66. The van der Waals surface area contributed by atoms with Gasteiger partial charge in [-0.25, -0.2) is 13.4 Å². The van der Waals surface area contributed by atoms with Gasteiger partial charge in [0, 0.05) is 23.8 Å². The zero-order valence-electron chi connectivity index (χ0n) is 18.3. The topological polar surface area (TPSA) is 101 Å². The molecule has 3 aromatic rings. The van der Waals surface area contributed by atoms with Crippen LogP contribution in [0.2, 0.25) is 0 Å². The number of halogens is 6. The molecule has 0 bridgehead atoms. The predicted molar refractivity (Wildman–Crippen MR) is 114 cm³/mol. The quantitative estimate of drug-likeness (QED) is 0.465. The molecule has 2 aliphatic rings. The fourth-order valence-electron chi connectivity index (χ4n) is 4.27. The summed E-state index contributed by atoms with van der Waals surface area (Å²) in [6.07, 6.45) is -6.37. The zero-order chi connectivity index (χ0) is 26.1. The van der Waals surface area contributed by atoms with Gasteiger partial charge in [0.05, 0.1) is 22.5 Å². The minimum Gasteiger partial charge on any atom is -0.320 e. The summed E-state index contributed by atoms with van der Waals surface area (Å²) >= 11 is 0. The van der Waals surface area contributed by atoms with Crippen LogP contribution in [0.5, 0.6) is 0 Å². The minimum atomic E-state index is -4.75. The number of alkyl halides is 6. The fraction of sp³-hybridized carbons (Fsp3) is 0.409. The summed E-state index contributed by atoms with van der Waals surface area (Å²) < 4.78 is 108. The Labute approximate surface area is 200 Å². The number of nitrogens with zero attached hydrogens (tertiary/aromatic N) is 4.